The van der Waals surface area contributed by atoms with E-state index in [1.807, 2.05) is 0 Å². The third-order valence-corrected chi connectivity index (χ3v) is 3.76. The van der Waals surface area contributed by atoms with Crippen LogP contribution >= 0.6 is 0 Å². The molecule has 0 radical (unpaired) electrons. The first-order valence-electron chi connectivity index (χ1n) is 10.3. The quantitative estimate of drug-likeness (QED) is 0.184. The fourth-order valence-corrected chi connectivity index (χ4v) is 2.28. The number of ether oxygens (including phenoxy) is 5. The van der Waals surface area contributed by atoms with Crippen molar-refractivity contribution in [2.75, 3.05) is 92.2 Å². The topological polar surface area (TPSA) is 118 Å². The van der Waals surface area contributed by atoms with Crippen molar-refractivity contribution in [1.82, 2.24) is 4.90 Å². The second-order valence-corrected chi connectivity index (χ2v) is 6.12. The monoisotopic (exact) mass is 433 g/mol. The molecule has 0 atom stereocenters. The van der Waals surface area contributed by atoms with Gasteiger partial charge < -0.3 is 40.1 Å². The van der Waals surface area contributed by atoms with Gasteiger partial charge in [-0.1, -0.05) is 13.3 Å². The minimum atomic E-state index is 0. The summed E-state index contributed by atoms with van der Waals surface area (Å²) in [6, 6.07) is 0. The molecule has 0 bridgehead atoms. The summed E-state index contributed by atoms with van der Waals surface area (Å²) in [6.07, 6.45) is 7.17. The molecular weight excluding hydrogens is 390 g/mol. The van der Waals surface area contributed by atoms with Crippen LogP contribution in [0.2, 0.25) is 0 Å². The molecule has 0 aliphatic carbocycles. The first-order valence-corrected chi connectivity index (χ1v) is 10.3. The highest BCUT2D eigenvalue weighted by Gasteiger charge is 2.12. The predicted molar refractivity (Wildman–Crippen MR) is 118 cm³/mol. The molecule has 0 unspecified atom stereocenters. The number of nitrogens with zero attached hydrogens (tertiary/aromatic N) is 1. The molecule has 0 aromatic rings. The Labute approximate surface area is 182 Å². The van der Waals surface area contributed by atoms with Crippen molar-refractivity contribution >= 4 is 5.91 Å². The Hall–Kier alpha value is -1.25. The summed E-state index contributed by atoms with van der Waals surface area (Å²) in [4.78, 5) is 14.2. The van der Waals surface area contributed by atoms with Crippen LogP contribution < -0.4 is 11.5 Å². The van der Waals surface area contributed by atoms with Gasteiger partial charge in [0.2, 0.25) is 5.91 Å². The van der Waals surface area contributed by atoms with Gasteiger partial charge in [0.15, 0.2) is 0 Å². The number of terminal acetylenes is 1. The van der Waals surface area contributed by atoms with Crippen molar-refractivity contribution in [2.45, 2.75) is 26.7 Å². The van der Waals surface area contributed by atoms with Crippen LogP contribution in [-0.2, 0) is 28.5 Å². The van der Waals surface area contributed by atoms with E-state index in [-0.39, 0.29) is 13.3 Å². The first-order chi connectivity index (χ1) is 14.3. The Morgan fingerprint density at radius 3 is 1.87 bits per heavy atom. The van der Waals surface area contributed by atoms with E-state index < -0.39 is 0 Å². The summed E-state index contributed by atoms with van der Waals surface area (Å²) in [5, 5.41) is 0. The number of nitrogens with two attached hydrogens (primary N) is 2. The zero-order valence-corrected chi connectivity index (χ0v) is 17.6. The van der Waals surface area contributed by atoms with Crippen LogP contribution in [0.25, 0.3) is 0 Å². The summed E-state index contributed by atoms with van der Waals surface area (Å²) >= 11 is 0. The fourth-order valence-electron chi connectivity index (χ4n) is 2.28. The highest BCUT2D eigenvalue weighted by atomic mass is 16.6. The van der Waals surface area contributed by atoms with Gasteiger partial charge in [-0.05, 0) is 19.4 Å². The standard InChI is InChI=1S/C20H39N3O6.CH4/c1-2-10-25-14-16-28-18-19-29-17-15-26-11-5-20(24)23(8-4-3-6-21)9-13-27-12-7-22;/h1H,3-19,21-22H2;1H4. The average Bonchev–Trinajstić information content (AvgIpc) is 2.73. The molecule has 9 heteroatoms. The van der Waals surface area contributed by atoms with E-state index in [2.05, 4.69) is 5.92 Å². The van der Waals surface area contributed by atoms with Crippen LogP contribution in [0, 0.1) is 12.3 Å². The third-order valence-electron chi connectivity index (χ3n) is 3.76. The molecule has 0 spiro atoms. The second-order valence-electron chi connectivity index (χ2n) is 6.12. The lowest BCUT2D eigenvalue weighted by Crippen LogP contribution is -2.36. The van der Waals surface area contributed by atoms with Crippen molar-refractivity contribution in [3.63, 3.8) is 0 Å². The first kappa shape index (κ1) is 30.9. The lowest BCUT2D eigenvalue weighted by molar-refractivity contribution is -0.133. The molecule has 178 valence electrons. The van der Waals surface area contributed by atoms with Gasteiger partial charge >= 0.3 is 0 Å². The predicted octanol–water partition coefficient (Wildman–Crippen LogP) is 0.255. The van der Waals surface area contributed by atoms with E-state index in [4.69, 9.17) is 41.6 Å². The molecule has 4 N–H and O–H groups in total. The molecule has 0 fully saturated rings. The molecule has 0 rings (SSSR count). The van der Waals surface area contributed by atoms with Crippen LogP contribution in [0.5, 0.6) is 0 Å². The number of carbonyl (C=O) groups excluding carboxylic acids is 1. The lowest BCUT2D eigenvalue weighted by Gasteiger charge is -2.22. The maximum Gasteiger partial charge on any atom is 0.224 e. The number of rotatable bonds is 22. The van der Waals surface area contributed by atoms with Crippen LogP contribution in [0.1, 0.15) is 26.7 Å². The van der Waals surface area contributed by atoms with E-state index >= 15 is 0 Å². The summed E-state index contributed by atoms with van der Waals surface area (Å²) in [6.45, 7) is 6.81. The number of amides is 1. The largest absolute Gasteiger partial charge is 0.379 e. The zero-order chi connectivity index (χ0) is 21.4. The van der Waals surface area contributed by atoms with Gasteiger partial charge in [-0.25, -0.2) is 0 Å². The third kappa shape index (κ3) is 21.5. The summed E-state index contributed by atoms with van der Waals surface area (Å²) < 4.78 is 26.7. The molecule has 0 aromatic heterocycles. The van der Waals surface area contributed by atoms with E-state index in [0.29, 0.717) is 98.7 Å². The zero-order valence-electron chi connectivity index (χ0n) is 17.6. The Morgan fingerprint density at radius 1 is 0.733 bits per heavy atom. The van der Waals surface area contributed by atoms with Crippen molar-refractivity contribution in [1.29, 1.82) is 0 Å². The van der Waals surface area contributed by atoms with Crippen molar-refractivity contribution < 1.29 is 28.5 Å². The molecule has 0 aromatic carbocycles. The Morgan fingerprint density at radius 2 is 1.30 bits per heavy atom. The van der Waals surface area contributed by atoms with Gasteiger partial charge in [0, 0.05) is 19.6 Å². The van der Waals surface area contributed by atoms with E-state index in [1.54, 1.807) is 4.90 Å². The molecule has 0 saturated heterocycles. The van der Waals surface area contributed by atoms with Gasteiger partial charge in [0.25, 0.3) is 0 Å². The van der Waals surface area contributed by atoms with Gasteiger partial charge in [0.05, 0.1) is 65.9 Å². The second kappa shape index (κ2) is 25.8. The molecule has 0 heterocycles. The molecule has 0 aliphatic rings. The van der Waals surface area contributed by atoms with Gasteiger partial charge in [0.1, 0.15) is 6.61 Å². The Bertz CT molecular complexity index is 407. The average molecular weight is 434 g/mol. The number of carbonyl (C=O) groups is 1. The van der Waals surface area contributed by atoms with Crippen molar-refractivity contribution in [2.24, 2.45) is 11.5 Å². The van der Waals surface area contributed by atoms with Gasteiger partial charge in [-0.3, -0.25) is 4.79 Å². The minimum absolute atomic E-state index is 0. The lowest BCUT2D eigenvalue weighted by atomic mass is 10.2. The van der Waals surface area contributed by atoms with E-state index in [0.717, 1.165) is 12.8 Å². The number of hydrogen-bond donors (Lipinski definition) is 2. The molecule has 0 aliphatic heterocycles. The van der Waals surface area contributed by atoms with Crippen molar-refractivity contribution in [3.8, 4) is 12.3 Å². The highest BCUT2D eigenvalue weighted by molar-refractivity contribution is 5.76. The summed E-state index contributed by atoms with van der Waals surface area (Å²) in [5.74, 6) is 2.44. The maximum absolute atomic E-state index is 12.4. The molecular formula is C21H43N3O6. The molecule has 0 saturated carbocycles. The summed E-state index contributed by atoms with van der Waals surface area (Å²) in [7, 11) is 0. The molecule has 9 nitrogen and oxygen atoms in total. The minimum Gasteiger partial charge on any atom is -0.379 e. The highest BCUT2D eigenvalue weighted by Crippen LogP contribution is 2.00. The van der Waals surface area contributed by atoms with Crippen LogP contribution in [0.15, 0.2) is 0 Å². The van der Waals surface area contributed by atoms with Crippen LogP contribution in [-0.4, -0.2) is 103 Å². The molecule has 30 heavy (non-hydrogen) atoms. The maximum atomic E-state index is 12.4. The SMILES string of the molecule is C.C#CCOCCOCCOCCOCCC(=O)N(CCCCN)CCOCCN. The number of hydrogen-bond acceptors (Lipinski definition) is 8. The van der Waals surface area contributed by atoms with Gasteiger partial charge in [-0.15, -0.1) is 6.42 Å². The van der Waals surface area contributed by atoms with Crippen molar-refractivity contribution in [3.05, 3.63) is 0 Å². The Balaban J connectivity index is 0. The van der Waals surface area contributed by atoms with Gasteiger partial charge in [-0.2, -0.15) is 0 Å². The number of unbranched alkanes of at least 4 members (excludes halogenated alkanes) is 1. The van der Waals surface area contributed by atoms with E-state index in [1.165, 1.54) is 0 Å². The Kier molecular flexibility index (Phi) is 26.6. The summed E-state index contributed by atoms with van der Waals surface area (Å²) in [5.41, 5.74) is 10.9. The molecule has 1 amide bonds. The van der Waals surface area contributed by atoms with Crippen LogP contribution in [0.3, 0.4) is 0 Å². The van der Waals surface area contributed by atoms with E-state index in [9.17, 15) is 4.79 Å². The fraction of sp³-hybridized carbons (Fsp3) is 0.857. The normalized spacial score (nSPS) is 10.4. The smallest absolute Gasteiger partial charge is 0.224 e. The van der Waals surface area contributed by atoms with Crippen LogP contribution in [0.4, 0.5) is 0 Å².